The predicted octanol–water partition coefficient (Wildman–Crippen LogP) is 5.27. The number of hydrogen-bond acceptors (Lipinski definition) is 3. The topological polar surface area (TPSA) is 66.0 Å². The smallest absolute Gasteiger partial charge is 0.256 e. The molecular formula is C23H22N2O2. The maximum Gasteiger partial charge on any atom is 0.256 e. The van der Waals surface area contributed by atoms with E-state index in [2.05, 4.69) is 35.9 Å². The van der Waals surface area contributed by atoms with Crippen LogP contribution in [0.1, 0.15) is 37.3 Å². The number of hydrogen-bond donors (Lipinski definition) is 2. The number of aromatic amines is 1. The number of rotatable bonds is 3. The van der Waals surface area contributed by atoms with Gasteiger partial charge >= 0.3 is 0 Å². The summed E-state index contributed by atoms with van der Waals surface area (Å²) in [6, 6.07) is 11.7. The Kier molecular flexibility index (Phi) is 4.19. The molecule has 0 amide bonds. The molecule has 27 heavy (non-hydrogen) atoms. The van der Waals surface area contributed by atoms with Crippen molar-refractivity contribution in [3.8, 4) is 16.9 Å². The van der Waals surface area contributed by atoms with Crippen molar-refractivity contribution in [1.29, 1.82) is 0 Å². The summed E-state index contributed by atoms with van der Waals surface area (Å²) in [5.41, 5.74) is 4.33. The van der Waals surface area contributed by atoms with Crippen LogP contribution in [0.15, 0.2) is 53.6 Å². The van der Waals surface area contributed by atoms with Crippen LogP contribution in [0, 0.1) is 6.92 Å². The van der Waals surface area contributed by atoms with E-state index >= 15 is 0 Å². The highest BCUT2D eigenvalue weighted by molar-refractivity contribution is 6.14. The van der Waals surface area contributed by atoms with Gasteiger partial charge in [0.15, 0.2) is 0 Å². The van der Waals surface area contributed by atoms with Crippen molar-refractivity contribution in [2.45, 2.75) is 33.1 Å². The van der Waals surface area contributed by atoms with Gasteiger partial charge in [-0.2, -0.15) is 0 Å². The fourth-order valence-corrected chi connectivity index (χ4v) is 3.71. The molecule has 1 unspecified atom stereocenters. The van der Waals surface area contributed by atoms with Crippen molar-refractivity contribution in [3.05, 3.63) is 70.3 Å². The normalized spacial score (nSPS) is 12.6. The lowest BCUT2D eigenvalue weighted by Crippen LogP contribution is -2.08. The zero-order valence-corrected chi connectivity index (χ0v) is 15.7. The van der Waals surface area contributed by atoms with Crippen LogP contribution in [0.2, 0.25) is 0 Å². The lowest BCUT2D eigenvalue weighted by atomic mass is 9.92. The number of pyridine rings is 2. The van der Waals surface area contributed by atoms with E-state index in [-0.39, 0.29) is 11.3 Å². The van der Waals surface area contributed by atoms with Crippen molar-refractivity contribution in [3.63, 3.8) is 0 Å². The van der Waals surface area contributed by atoms with Crippen LogP contribution in [0.3, 0.4) is 0 Å². The van der Waals surface area contributed by atoms with Gasteiger partial charge in [-0.25, -0.2) is 0 Å². The molecule has 0 fully saturated rings. The molecule has 0 saturated carbocycles. The third-order valence-electron chi connectivity index (χ3n) is 5.46. The zero-order chi connectivity index (χ0) is 19.1. The first-order valence-corrected chi connectivity index (χ1v) is 9.23. The van der Waals surface area contributed by atoms with Gasteiger partial charge in [0.1, 0.15) is 5.75 Å². The molecule has 4 rings (SSSR count). The van der Waals surface area contributed by atoms with Crippen LogP contribution in [-0.4, -0.2) is 15.1 Å². The zero-order valence-electron chi connectivity index (χ0n) is 15.7. The van der Waals surface area contributed by atoms with Crippen molar-refractivity contribution >= 4 is 21.7 Å². The van der Waals surface area contributed by atoms with Gasteiger partial charge in [-0.05, 0) is 48.1 Å². The molecule has 1 atom stereocenters. The van der Waals surface area contributed by atoms with Gasteiger partial charge in [-0.1, -0.05) is 38.1 Å². The molecule has 4 aromatic rings. The number of aromatic nitrogens is 2. The molecule has 136 valence electrons. The van der Waals surface area contributed by atoms with Crippen molar-refractivity contribution in [1.82, 2.24) is 9.97 Å². The Morgan fingerprint density at radius 3 is 2.59 bits per heavy atom. The third-order valence-corrected chi connectivity index (χ3v) is 5.46. The number of benzene rings is 2. The molecular weight excluding hydrogens is 336 g/mol. The van der Waals surface area contributed by atoms with Crippen LogP contribution in [-0.2, 0) is 0 Å². The third kappa shape index (κ3) is 2.78. The molecule has 0 spiro atoms. The van der Waals surface area contributed by atoms with Gasteiger partial charge in [0.2, 0.25) is 0 Å². The van der Waals surface area contributed by atoms with E-state index in [1.54, 1.807) is 24.5 Å². The molecule has 2 N–H and O–H groups in total. The van der Waals surface area contributed by atoms with Gasteiger partial charge in [0, 0.05) is 28.7 Å². The predicted molar refractivity (Wildman–Crippen MR) is 110 cm³/mol. The minimum absolute atomic E-state index is 0.147. The maximum absolute atomic E-state index is 12.5. The first-order valence-electron chi connectivity index (χ1n) is 9.23. The van der Waals surface area contributed by atoms with Crippen LogP contribution in [0.4, 0.5) is 0 Å². The number of fused-ring (bicyclic) bond motifs is 3. The first-order chi connectivity index (χ1) is 13.0. The van der Waals surface area contributed by atoms with Gasteiger partial charge in [-0.15, -0.1) is 0 Å². The Morgan fingerprint density at radius 1 is 1.15 bits per heavy atom. The van der Waals surface area contributed by atoms with Crippen LogP contribution >= 0.6 is 0 Å². The first kappa shape index (κ1) is 17.3. The van der Waals surface area contributed by atoms with Crippen LogP contribution in [0.5, 0.6) is 5.75 Å². The van der Waals surface area contributed by atoms with Gasteiger partial charge in [0.05, 0.1) is 10.9 Å². The number of nitrogens with one attached hydrogen (secondary N) is 1. The highest BCUT2D eigenvalue weighted by Gasteiger charge is 2.17. The summed E-state index contributed by atoms with van der Waals surface area (Å²) < 4.78 is 0. The molecule has 0 radical (unpaired) electrons. The summed E-state index contributed by atoms with van der Waals surface area (Å²) in [5, 5.41) is 12.9. The second-order valence-corrected chi connectivity index (χ2v) is 7.14. The molecule has 2 aromatic carbocycles. The number of H-pyrrole nitrogens is 1. The van der Waals surface area contributed by atoms with E-state index in [1.165, 1.54) is 5.56 Å². The molecule has 2 heterocycles. The van der Waals surface area contributed by atoms with Crippen molar-refractivity contribution < 1.29 is 5.11 Å². The molecule has 2 aromatic heterocycles. The molecule has 0 aliphatic carbocycles. The molecule has 0 aliphatic heterocycles. The van der Waals surface area contributed by atoms with E-state index in [1.807, 2.05) is 19.1 Å². The van der Waals surface area contributed by atoms with Gasteiger partial charge < -0.3 is 10.1 Å². The SMILES string of the molecule is CCC(C)c1ccc(-c2c(O)cc(C)c3[nH]c(=O)c4ccncc4c23)cc1. The number of aromatic hydroxyl groups is 1. The van der Waals surface area contributed by atoms with Gasteiger partial charge in [-0.3, -0.25) is 9.78 Å². The second kappa shape index (κ2) is 6.54. The van der Waals surface area contributed by atoms with E-state index < -0.39 is 0 Å². The largest absolute Gasteiger partial charge is 0.507 e. The Hall–Kier alpha value is -3.14. The molecule has 0 saturated heterocycles. The fourth-order valence-electron chi connectivity index (χ4n) is 3.71. The minimum atomic E-state index is -0.147. The molecule has 4 heteroatoms. The maximum atomic E-state index is 12.5. The summed E-state index contributed by atoms with van der Waals surface area (Å²) in [7, 11) is 0. The number of nitrogens with zero attached hydrogens (tertiary/aromatic N) is 1. The van der Waals surface area contributed by atoms with E-state index in [4.69, 9.17) is 0 Å². The van der Waals surface area contributed by atoms with E-state index in [0.29, 0.717) is 11.3 Å². The molecule has 0 bridgehead atoms. The van der Waals surface area contributed by atoms with Crippen LogP contribution in [0.25, 0.3) is 32.8 Å². The lowest BCUT2D eigenvalue weighted by Gasteiger charge is -2.15. The number of phenolic OH excluding ortho intramolecular Hbond substituents is 1. The Labute approximate surface area is 157 Å². The monoisotopic (exact) mass is 358 g/mol. The number of phenols is 1. The second-order valence-electron chi connectivity index (χ2n) is 7.14. The Morgan fingerprint density at radius 2 is 1.89 bits per heavy atom. The highest BCUT2D eigenvalue weighted by atomic mass is 16.3. The quantitative estimate of drug-likeness (QED) is 0.490. The van der Waals surface area contributed by atoms with Gasteiger partial charge in [0.25, 0.3) is 5.56 Å². The summed E-state index contributed by atoms with van der Waals surface area (Å²) in [6.07, 6.45) is 4.39. The minimum Gasteiger partial charge on any atom is -0.507 e. The standard InChI is InChI=1S/C23H22N2O2/c1-4-13(2)15-5-7-16(8-6-15)20-19(26)11-14(3)22-21(20)18-12-24-10-9-17(18)23(27)25-22/h5-13,26H,4H2,1-3H3,(H,25,27). The van der Waals surface area contributed by atoms with Crippen molar-refractivity contribution in [2.24, 2.45) is 0 Å². The molecule has 0 aliphatic rings. The average molecular weight is 358 g/mol. The highest BCUT2D eigenvalue weighted by Crippen LogP contribution is 2.40. The summed E-state index contributed by atoms with van der Waals surface area (Å²) >= 11 is 0. The summed E-state index contributed by atoms with van der Waals surface area (Å²) in [4.78, 5) is 19.7. The average Bonchev–Trinajstić information content (AvgIpc) is 2.69. The summed E-state index contributed by atoms with van der Waals surface area (Å²) in [6.45, 7) is 6.26. The Balaban J connectivity index is 2.09. The van der Waals surface area contributed by atoms with Crippen LogP contribution < -0.4 is 5.56 Å². The number of aryl methyl sites for hydroxylation is 1. The van der Waals surface area contributed by atoms with Crippen molar-refractivity contribution in [2.75, 3.05) is 0 Å². The fraction of sp³-hybridized carbons (Fsp3) is 0.217. The molecule has 4 nitrogen and oxygen atoms in total. The van der Waals surface area contributed by atoms with E-state index in [9.17, 15) is 9.90 Å². The lowest BCUT2D eigenvalue weighted by molar-refractivity contribution is 0.477. The van der Waals surface area contributed by atoms with E-state index in [0.717, 1.165) is 39.4 Å². The Bertz CT molecular complexity index is 1210. The summed E-state index contributed by atoms with van der Waals surface area (Å²) in [5.74, 6) is 0.692.